The molecule has 35 heavy (non-hydrogen) atoms. The molecule has 0 aliphatic carbocycles. The molecule has 14 heteroatoms. The van der Waals surface area contributed by atoms with Crippen LogP contribution in [0.1, 0.15) is 10.4 Å². The van der Waals surface area contributed by atoms with E-state index in [9.17, 15) is 18.0 Å². The fourth-order valence-electron chi connectivity index (χ4n) is 3.56. The number of hydrogen-bond donors (Lipinski definition) is 4. The van der Waals surface area contributed by atoms with Crippen molar-refractivity contribution in [3.63, 3.8) is 0 Å². The van der Waals surface area contributed by atoms with Gasteiger partial charge in [0.25, 0.3) is 5.91 Å². The molecule has 0 bridgehead atoms. The molecule has 5 N–H and O–H groups in total. The summed E-state index contributed by atoms with van der Waals surface area (Å²) < 4.78 is 39.2. The Kier molecular flexibility index (Phi) is 5.40. The summed E-state index contributed by atoms with van der Waals surface area (Å²) in [5.41, 5.74) is 8.89. The van der Waals surface area contributed by atoms with Crippen molar-refractivity contribution < 1.29 is 18.0 Å². The quantitative estimate of drug-likeness (QED) is 0.267. The lowest BCUT2D eigenvalue weighted by molar-refractivity contribution is -0.123. The van der Waals surface area contributed by atoms with E-state index in [0.29, 0.717) is 44.6 Å². The van der Waals surface area contributed by atoms with Gasteiger partial charge in [-0.15, -0.1) is 0 Å². The Balaban J connectivity index is 1.48. The van der Waals surface area contributed by atoms with Crippen molar-refractivity contribution in [1.29, 1.82) is 0 Å². The van der Waals surface area contributed by atoms with Crippen molar-refractivity contribution >= 4 is 51.6 Å². The average molecular weight is 502 g/mol. The maximum Gasteiger partial charge on any atom is 0.405 e. The van der Waals surface area contributed by atoms with E-state index >= 15 is 0 Å². The second-order valence-electron chi connectivity index (χ2n) is 7.44. The molecule has 178 valence electrons. The SMILES string of the molecule is Nc1ncnn2cc(C(=O)NCC(F)(F)F)c(-c3ccc(Nc4nc5ccc(Cl)nc5[nH]4)cc3)c12. The number of nitrogen functional groups attached to an aromatic ring is 1. The highest BCUT2D eigenvalue weighted by Crippen LogP contribution is 2.33. The normalized spacial score (nSPS) is 11.8. The number of nitrogens with one attached hydrogen (secondary N) is 3. The first-order valence-corrected chi connectivity index (χ1v) is 10.4. The third-order valence-corrected chi connectivity index (χ3v) is 5.25. The molecule has 0 atom stereocenters. The summed E-state index contributed by atoms with van der Waals surface area (Å²) in [6, 6.07) is 10.1. The van der Waals surface area contributed by atoms with Gasteiger partial charge in [0, 0.05) is 17.4 Å². The number of fused-ring (bicyclic) bond motifs is 2. The zero-order chi connectivity index (χ0) is 24.7. The Bertz CT molecular complexity index is 1560. The van der Waals surface area contributed by atoms with Crippen LogP contribution in [0.2, 0.25) is 5.15 Å². The highest BCUT2D eigenvalue weighted by Gasteiger charge is 2.29. The van der Waals surface area contributed by atoms with Crippen LogP contribution in [0.4, 0.5) is 30.6 Å². The number of imidazole rings is 1. The van der Waals surface area contributed by atoms with E-state index in [1.807, 2.05) is 5.32 Å². The van der Waals surface area contributed by atoms with Gasteiger partial charge in [-0.1, -0.05) is 23.7 Å². The largest absolute Gasteiger partial charge is 0.405 e. The number of carbonyl (C=O) groups is 1. The van der Waals surface area contributed by atoms with Crippen LogP contribution >= 0.6 is 11.6 Å². The van der Waals surface area contributed by atoms with Gasteiger partial charge in [-0.3, -0.25) is 4.79 Å². The molecule has 0 saturated carbocycles. The fourth-order valence-corrected chi connectivity index (χ4v) is 3.71. The lowest BCUT2D eigenvalue weighted by Crippen LogP contribution is -2.33. The number of nitrogens with zero attached hydrogens (tertiary/aromatic N) is 5. The van der Waals surface area contributed by atoms with E-state index in [0.717, 1.165) is 0 Å². The summed E-state index contributed by atoms with van der Waals surface area (Å²) in [4.78, 5) is 28.1. The molecule has 0 radical (unpaired) electrons. The Hall–Kier alpha value is -4.39. The van der Waals surface area contributed by atoms with Crippen molar-refractivity contribution in [1.82, 2.24) is 34.9 Å². The molecule has 5 aromatic rings. The van der Waals surface area contributed by atoms with Crippen molar-refractivity contribution in [2.75, 3.05) is 17.6 Å². The minimum absolute atomic E-state index is 0.0256. The maximum atomic E-state index is 12.6. The summed E-state index contributed by atoms with van der Waals surface area (Å²) >= 11 is 5.90. The predicted octanol–water partition coefficient (Wildman–Crippen LogP) is 3.94. The molecule has 5 rings (SSSR count). The summed E-state index contributed by atoms with van der Waals surface area (Å²) in [5, 5.41) is 9.34. The van der Waals surface area contributed by atoms with E-state index in [-0.39, 0.29) is 11.4 Å². The Morgan fingerprint density at radius 2 is 1.91 bits per heavy atom. The van der Waals surface area contributed by atoms with Crippen molar-refractivity contribution in [2.45, 2.75) is 6.18 Å². The van der Waals surface area contributed by atoms with Crippen LogP contribution in [0.25, 0.3) is 27.8 Å². The molecule has 0 aliphatic rings. The number of carbonyl (C=O) groups excluding carboxylic acids is 1. The first kappa shape index (κ1) is 22.4. The number of aromatic amines is 1. The van der Waals surface area contributed by atoms with Crippen LogP contribution in [-0.2, 0) is 0 Å². The number of H-pyrrole nitrogens is 1. The van der Waals surface area contributed by atoms with Gasteiger partial charge in [0.15, 0.2) is 11.5 Å². The van der Waals surface area contributed by atoms with Crippen LogP contribution in [-0.4, -0.2) is 48.2 Å². The van der Waals surface area contributed by atoms with Crippen molar-refractivity contribution in [3.05, 3.63) is 59.6 Å². The number of aromatic nitrogens is 6. The third-order valence-electron chi connectivity index (χ3n) is 5.04. The van der Waals surface area contributed by atoms with Gasteiger partial charge < -0.3 is 21.4 Å². The number of halogens is 4. The van der Waals surface area contributed by atoms with Gasteiger partial charge in [-0.2, -0.15) is 18.3 Å². The number of benzene rings is 1. The molecule has 4 aromatic heterocycles. The summed E-state index contributed by atoms with van der Waals surface area (Å²) in [5.74, 6) is -0.417. The monoisotopic (exact) mass is 501 g/mol. The van der Waals surface area contributed by atoms with Gasteiger partial charge in [0.2, 0.25) is 5.95 Å². The van der Waals surface area contributed by atoms with Crippen LogP contribution in [0, 0.1) is 0 Å². The number of amides is 1. The molecule has 0 spiro atoms. The molecular formula is C21H15ClF3N9O. The van der Waals surface area contributed by atoms with E-state index in [1.165, 1.54) is 17.0 Å². The minimum Gasteiger partial charge on any atom is -0.382 e. The highest BCUT2D eigenvalue weighted by atomic mass is 35.5. The van der Waals surface area contributed by atoms with Crippen LogP contribution < -0.4 is 16.4 Å². The molecule has 10 nitrogen and oxygen atoms in total. The van der Waals surface area contributed by atoms with Gasteiger partial charge in [0.1, 0.15) is 29.1 Å². The second-order valence-corrected chi connectivity index (χ2v) is 7.83. The van der Waals surface area contributed by atoms with E-state index in [2.05, 4.69) is 30.4 Å². The molecule has 1 amide bonds. The third kappa shape index (κ3) is 4.53. The zero-order valence-corrected chi connectivity index (χ0v) is 18.3. The van der Waals surface area contributed by atoms with Crippen LogP contribution in [0.3, 0.4) is 0 Å². The number of anilines is 3. The molecule has 0 fully saturated rings. The van der Waals surface area contributed by atoms with E-state index in [1.54, 1.807) is 36.4 Å². The van der Waals surface area contributed by atoms with E-state index in [4.69, 9.17) is 17.3 Å². The van der Waals surface area contributed by atoms with Crippen molar-refractivity contribution in [3.8, 4) is 11.1 Å². The topological polar surface area (TPSA) is 139 Å². The number of nitrogens with two attached hydrogens (primary N) is 1. The van der Waals surface area contributed by atoms with Gasteiger partial charge >= 0.3 is 6.18 Å². The summed E-state index contributed by atoms with van der Waals surface area (Å²) in [6.07, 6.45) is -2.06. The highest BCUT2D eigenvalue weighted by molar-refractivity contribution is 6.29. The van der Waals surface area contributed by atoms with Gasteiger partial charge in [0.05, 0.1) is 5.56 Å². The Morgan fingerprint density at radius 1 is 1.14 bits per heavy atom. The predicted molar refractivity (Wildman–Crippen MR) is 123 cm³/mol. The smallest absolute Gasteiger partial charge is 0.382 e. The van der Waals surface area contributed by atoms with E-state index < -0.39 is 18.6 Å². The Labute approximate surface area is 199 Å². The van der Waals surface area contributed by atoms with Crippen LogP contribution in [0.15, 0.2) is 48.9 Å². The van der Waals surface area contributed by atoms with Gasteiger partial charge in [-0.05, 0) is 29.8 Å². The minimum atomic E-state index is -4.56. The molecular weight excluding hydrogens is 487 g/mol. The first-order chi connectivity index (χ1) is 16.7. The summed E-state index contributed by atoms with van der Waals surface area (Å²) in [7, 11) is 0. The lowest BCUT2D eigenvalue weighted by atomic mass is 10.0. The number of rotatable bonds is 5. The first-order valence-electron chi connectivity index (χ1n) is 10.0. The van der Waals surface area contributed by atoms with Crippen molar-refractivity contribution in [2.24, 2.45) is 0 Å². The molecule has 0 unspecified atom stereocenters. The average Bonchev–Trinajstić information content (AvgIpc) is 3.39. The molecule has 0 aliphatic heterocycles. The summed E-state index contributed by atoms with van der Waals surface area (Å²) in [6.45, 7) is -1.47. The molecule has 1 aromatic carbocycles. The van der Waals surface area contributed by atoms with Gasteiger partial charge in [-0.25, -0.2) is 19.5 Å². The number of alkyl halides is 3. The number of pyridine rings is 1. The van der Waals surface area contributed by atoms with Crippen LogP contribution in [0.5, 0.6) is 0 Å². The second kappa shape index (κ2) is 8.43. The fraction of sp³-hybridized carbons (Fsp3) is 0.0952. The zero-order valence-electron chi connectivity index (χ0n) is 17.6. The Morgan fingerprint density at radius 3 is 2.66 bits per heavy atom. The number of hydrogen-bond acceptors (Lipinski definition) is 7. The lowest BCUT2D eigenvalue weighted by Gasteiger charge is -2.10. The molecule has 4 heterocycles. The standard InChI is InChI=1S/C21H15ClF3N9O/c22-14-6-5-13-18(32-14)33-20(31-13)30-11-3-1-10(2-4-11)15-12(19(35)27-8-21(23,24)25)7-34-16(15)17(26)28-9-29-34/h1-7,9H,8H2,(H,27,35)(H2,26,28,29)(H2,30,31,32,33). The molecule has 0 saturated heterocycles. The maximum absolute atomic E-state index is 12.6.